The molecule has 0 aliphatic carbocycles. The number of hydrogen-bond acceptors (Lipinski definition) is 4. The van der Waals surface area contributed by atoms with Gasteiger partial charge in [-0.3, -0.25) is 4.79 Å². The first-order valence-electron chi connectivity index (χ1n) is 6.95. The van der Waals surface area contributed by atoms with Crippen LogP contribution >= 0.6 is 0 Å². The third-order valence-electron chi connectivity index (χ3n) is 3.49. The Morgan fingerprint density at radius 2 is 1.87 bits per heavy atom. The minimum atomic E-state index is -0.345. The molecule has 0 spiro atoms. The normalized spacial score (nSPS) is 11.0. The molecule has 0 aliphatic rings. The molecule has 0 amide bonds. The summed E-state index contributed by atoms with van der Waals surface area (Å²) < 4.78 is 24.4. The van der Waals surface area contributed by atoms with Gasteiger partial charge >= 0.3 is 0 Å². The van der Waals surface area contributed by atoms with Crippen molar-refractivity contribution in [2.45, 2.75) is 0 Å². The zero-order valence-corrected chi connectivity index (χ0v) is 11.8. The second-order valence-electron chi connectivity index (χ2n) is 5.03. The SMILES string of the molecule is O=Cc1ccc(-c2ccc3oc(-c4cccc(F)c4)nc3c2)o1. The maximum Gasteiger partial charge on any atom is 0.227 e. The average Bonchev–Trinajstić information content (AvgIpc) is 3.20. The highest BCUT2D eigenvalue weighted by molar-refractivity contribution is 5.82. The molecule has 0 radical (unpaired) electrons. The Labute approximate surface area is 130 Å². The van der Waals surface area contributed by atoms with Gasteiger partial charge in [0.2, 0.25) is 5.89 Å². The molecule has 5 heteroatoms. The van der Waals surface area contributed by atoms with Gasteiger partial charge in [0.1, 0.15) is 17.1 Å². The molecule has 4 aromatic rings. The lowest BCUT2D eigenvalue weighted by Gasteiger charge is -1.95. The number of aldehydes is 1. The van der Waals surface area contributed by atoms with Crippen molar-refractivity contribution in [2.24, 2.45) is 0 Å². The first-order valence-corrected chi connectivity index (χ1v) is 6.95. The van der Waals surface area contributed by atoms with E-state index in [1.54, 1.807) is 36.4 Å². The summed E-state index contributed by atoms with van der Waals surface area (Å²) in [6.45, 7) is 0. The van der Waals surface area contributed by atoms with E-state index in [0.717, 1.165) is 5.56 Å². The van der Waals surface area contributed by atoms with Gasteiger partial charge < -0.3 is 8.83 Å². The molecule has 23 heavy (non-hydrogen) atoms. The van der Waals surface area contributed by atoms with E-state index in [9.17, 15) is 9.18 Å². The standard InChI is InChI=1S/C18H10FNO3/c19-13-3-1-2-12(8-13)18-20-15-9-11(4-6-17(15)23-18)16-7-5-14(10-21)22-16/h1-10H. The van der Waals surface area contributed by atoms with Crippen molar-refractivity contribution in [2.75, 3.05) is 0 Å². The highest BCUT2D eigenvalue weighted by Crippen LogP contribution is 2.29. The summed E-state index contributed by atoms with van der Waals surface area (Å²) in [6, 6.07) is 14.8. The number of furan rings is 1. The van der Waals surface area contributed by atoms with Crippen molar-refractivity contribution >= 4 is 17.4 Å². The van der Waals surface area contributed by atoms with Gasteiger partial charge in [0, 0.05) is 11.1 Å². The van der Waals surface area contributed by atoms with Crippen LogP contribution in [0.4, 0.5) is 4.39 Å². The van der Waals surface area contributed by atoms with Crippen LogP contribution in [0.25, 0.3) is 33.9 Å². The molecule has 2 aromatic heterocycles. The van der Waals surface area contributed by atoms with Crippen LogP contribution in [-0.4, -0.2) is 11.3 Å². The molecule has 4 rings (SSSR count). The Morgan fingerprint density at radius 1 is 0.957 bits per heavy atom. The van der Waals surface area contributed by atoms with Gasteiger partial charge in [-0.25, -0.2) is 9.37 Å². The number of halogens is 1. The third kappa shape index (κ3) is 2.42. The summed E-state index contributed by atoms with van der Waals surface area (Å²) in [5.41, 5.74) is 2.58. The fraction of sp³-hybridized carbons (Fsp3) is 0. The predicted octanol–water partition coefficient (Wildman–Crippen LogP) is 4.71. The van der Waals surface area contributed by atoms with E-state index in [2.05, 4.69) is 4.98 Å². The molecule has 0 saturated heterocycles. The lowest BCUT2D eigenvalue weighted by atomic mass is 10.1. The van der Waals surface area contributed by atoms with Crippen LogP contribution in [0, 0.1) is 5.82 Å². The quantitative estimate of drug-likeness (QED) is 0.514. The van der Waals surface area contributed by atoms with Gasteiger partial charge in [0.05, 0.1) is 0 Å². The smallest absolute Gasteiger partial charge is 0.227 e. The molecule has 0 atom stereocenters. The van der Waals surface area contributed by atoms with Crippen molar-refractivity contribution in [3.05, 3.63) is 66.2 Å². The lowest BCUT2D eigenvalue weighted by Crippen LogP contribution is -1.79. The number of benzene rings is 2. The van der Waals surface area contributed by atoms with Gasteiger partial charge in [-0.15, -0.1) is 0 Å². The van der Waals surface area contributed by atoms with E-state index < -0.39 is 0 Å². The molecule has 2 aromatic carbocycles. The third-order valence-corrected chi connectivity index (χ3v) is 3.49. The van der Waals surface area contributed by atoms with E-state index in [4.69, 9.17) is 8.83 Å². The predicted molar refractivity (Wildman–Crippen MR) is 82.5 cm³/mol. The van der Waals surface area contributed by atoms with Crippen LogP contribution in [0.3, 0.4) is 0 Å². The number of carbonyl (C=O) groups excluding carboxylic acids is 1. The van der Waals surface area contributed by atoms with E-state index in [1.807, 2.05) is 6.07 Å². The first-order chi connectivity index (χ1) is 11.2. The van der Waals surface area contributed by atoms with Crippen molar-refractivity contribution < 1.29 is 18.0 Å². The number of hydrogen-bond donors (Lipinski definition) is 0. The summed E-state index contributed by atoms with van der Waals surface area (Å²) >= 11 is 0. The fourth-order valence-electron chi connectivity index (χ4n) is 2.40. The van der Waals surface area contributed by atoms with Crippen molar-refractivity contribution in [1.82, 2.24) is 4.98 Å². The summed E-state index contributed by atoms with van der Waals surface area (Å²) in [6.07, 6.45) is 0.653. The number of nitrogens with zero attached hydrogens (tertiary/aromatic N) is 1. The van der Waals surface area contributed by atoms with Gasteiger partial charge in [-0.1, -0.05) is 6.07 Å². The van der Waals surface area contributed by atoms with Gasteiger partial charge in [0.25, 0.3) is 0 Å². The monoisotopic (exact) mass is 307 g/mol. The summed E-state index contributed by atoms with van der Waals surface area (Å²) in [7, 11) is 0. The van der Waals surface area contributed by atoms with Crippen molar-refractivity contribution in [3.63, 3.8) is 0 Å². The van der Waals surface area contributed by atoms with Gasteiger partial charge in [0.15, 0.2) is 17.6 Å². The molecule has 0 aliphatic heterocycles. The van der Waals surface area contributed by atoms with Crippen LogP contribution < -0.4 is 0 Å². The van der Waals surface area contributed by atoms with Gasteiger partial charge in [-0.05, 0) is 48.5 Å². The number of rotatable bonds is 3. The van der Waals surface area contributed by atoms with Crippen LogP contribution in [0.1, 0.15) is 10.6 Å². The molecular formula is C18H10FNO3. The molecular weight excluding hydrogens is 297 g/mol. The second kappa shape index (κ2) is 5.21. The van der Waals surface area contributed by atoms with E-state index in [-0.39, 0.29) is 11.6 Å². The van der Waals surface area contributed by atoms with E-state index in [1.165, 1.54) is 12.1 Å². The maximum absolute atomic E-state index is 13.3. The Balaban J connectivity index is 1.79. The second-order valence-corrected chi connectivity index (χ2v) is 5.03. The topological polar surface area (TPSA) is 56.2 Å². The first kappa shape index (κ1) is 13.5. The van der Waals surface area contributed by atoms with Crippen LogP contribution in [-0.2, 0) is 0 Å². The van der Waals surface area contributed by atoms with Crippen LogP contribution in [0.5, 0.6) is 0 Å². The number of carbonyl (C=O) groups is 1. The highest BCUT2D eigenvalue weighted by atomic mass is 19.1. The average molecular weight is 307 g/mol. The molecule has 4 nitrogen and oxygen atoms in total. The van der Waals surface area contributed by atoms with Crippen molar-refractivity contribution in [1.29, 1.82) is 0 Å². The van der Waals surface area contributed by atoms with Crippen LogP contribution in [0.2, 0.25) is 0 Å². The van der Waals surface area contributed by atoms with Crippen molar-refractivity contribution in [3.8, 4) is 22.8 Å². The molecule has 2 heterocycles. The molecule has 0 N–H and O–H groups in total. The Morgan fingerprint density at radius 3 is 2.65 bits per heavy atom. The van der Waals surface area contributed by atoms with E-state index in [0.29, 0.717) is 34.6 Å². The Kier molecular flexibility index (Phi) is 3.05. The highest BCUT2D eigenvalue weighted by Gasteiger charge is 2.11. The lowest BCUT2D eigenvalue weighted by molar-refractivity contribution is 0.110. The summed E-state index contributed by atoms with van der Waals surface area (Å²) in [4.78, 5) is 15.1. The molecule has 0 bridgehead atoms. The Hall–Kier alpha value is -3.21. The van der Waals surface area contributed by atoms with Crippen LogP contribution in [0.15, 0.2) is 63.4 Å². The summed E-state index contributed by atoms with van der Waals surface area (Å²) in [5.74, 6) is 0.845. The molecule has 112 valence electrons. The number of aromatic nitrogens is 1. The summed E-state index contributed by atoms with van der Waals surface area (Å²) in [5, 5.41) is 0. The molecule has 0 unspecified atom stereocenters. The minimum Gasteiger partial charge on any atom is -0.453 e. The number of oxazole rings is 1. The molecule has 0 fully saturated rings. The van der Waals surface area contributed by atoms with Gasteiger partial charge in [-0.2, -0.15) is 0 Å². The maximum atomic E-state index is 13.3. The minimum absolute atomic E-state index is 0.265. The largest absolute Gasteiger partial charge is 0.453 e. The zero-order chi connectivity index (χ0) is 15.8. The zero-order valence-electron chi connectivity index (χ0n) is 11.8. The number of fused-ring (bicyclic) bond motifs is 1. The van der Waals surface area contributed by atoms with E-state index >= 15 is 0 Å². The fourth-order valence-corrected chi connectivity index (χ4v) is 2.40. The molecule has 0 saturated carbocycles. The Bertz CT molecular complexity index is 1020.